The van der Waals surface area contributed by atoms with Crippen LogP contribution in [0.5, 0.6) is 0 Å². The summed E-state index contributed by atoms with van der Waals surface area (Å²) in [6.45, 7) is 7.93. The molecule has 2 aliphatic rings. The maximum Gasteiger partial charge on any atom is 0.219 e. The zero-order chi connectivity index (χ0) is 15.2. The Balaban J connectivity index is 1.71. The molecule has 2 saturated heterocycles. The molecule has 4 nitrogen and oxygen atoms in total. The molecule has 0 aromatic carbocycles. The Morgan fingerprint density at radius 1 is 1.14 bits per heavy atom. The van der Waals surface area contributed by atoms with E-state index >= 15 is 0 Å². The molecule has 1 atom stereocenters. The minimum absolute atomic E-state index is 0.0911. The summed E-state index contributed by atoms with van der Waals surface area (Å²) < 4.78 is 0. The third-order valence-corrected chi connectivity index (χ3v) is 5.40. The van der Waals surface area contributed by atoms with Gasteiger partial charge >= 0.3 is 0 Å². The third kappa shape index (κ3) is 4.68. The largest absolute Gasteiger partial charge is 0.393 e. The molecule has 4 heteroatoms. The molecule has 2 fully saturated rings. The Kier molecular flexibility index (Phi) is 6.49. The molecule has 0 aromatic rings. The lowest BCUT2D eigenvalue weighted by Gasteiger charge is -2.42. The molecule has 1 amide bonds. The van der Waals surface area contributed by atoms with E-state index < -0.39 is 0 Å². The molecule has 0 saturated carbocycles. The smallest absolute Gasteiger partial charge is 0.219 e. The van der Waals surface area contributed by atoms with Gasteiger partial charge in [0, 0.05) is 26.1 Å². The molecular weight excluding hydrogens is 264 g/mol. The first-order valence-electron chi connectivity index (χ1n) is 8.79. The van der Waals surface area contributed by atoms with Crippen molar-refractivity contribution >= 4 is 5.91 Å². The van der Waals surface area contributed by atoms with Crippen molar-refractivity contribution in [3.63, 3.8) is 0 Å². The Morgan fingerprint density at radius 3 is 2.29 bits per heavy atom. The van der Waals surface area contributed by atoms with Crippen LogP contribution in [0, 0.1) is 5.92 Å². The summed E-state index contributed by atoms with van der Waals surface area (Å²) in [5, 5.41) is 10.2. The summed E-state index contributed by atoms with van der Waals surface area (Å²) in [5.41, 5.74) is 0. The van der Waals surface area contributed by atoms with Crippen LogP contribution in [-0.2, 0) is 4.79 Å². The normalized spacial score (nSPS) is 24.2. The molecule has 122 valence electrons. The van der Waals surface area contributed by atoms with E-state index in [1.54, 1.807) is 6.92 Å². The van der Waals surface area contributed by atoms with E-state index in [0.717, 1.165) is 64.7 Å². The Bertz CT molecular complexity index is 319. The second-order valence-electron chi connectivity index (χ2n) is 6.82. The minimum atomic E-state index is -0.0911. The molecule has 1 unspecified atom stereocenters. The molecule has 2 rings (SSSR count). The van der Waals surface area contributed by atoms with Crippen molar-refractivity contribution < 1.29 is 9.90 Å². The van der Waals surface area contributed by atoms with E-state index in [-0.39, 0.29) is 12.0 Å². The molecule has 21 heavy (non-hydrogen) atoms. The minimum Gasteiger partial charge on any atom is -0.393 e. The van der Waals surface area contributed by atoms with Gasteiger partial charge in [-0.25, -0.2) is 0 Å². The predicted molar refractivity (Wildman–Crippen MR) is 85.1 cm³/mol. The van der Waals surface area contributed by atoms with Gasteiger partial charge < -0.3 is 14.9 Å². The number of hydrogen-bond acceptors (Lipinski definition) is 3. The van der Waals surface area contributed by atoms with Crippen molar-refractivity contribution in [3.8, 4) is 0 Å². The highest BCUT2D eigenvalue weighted by Crippen LogP contribution is 2.27. The summed E-state index contributed by atoms with van der Waals surface area (Å²) >= 11 is 0. The van der Waals surface area contributed by atoms with Crippen molar-refractivity contribution in [1.29, 1.82) is 0 Å². The van der Waals surface area contributed by atoms with Crippen LogP contribution in [0.1, 0.15) is 58.8 Å². The van der Waals surface area contributed by atoms with E-state index in [2.05, 4.69) is 11.8 Å². The Morgan fingerprint density at radius 2 is 1.76 bits per heavy atom. The van der Waals surface area contributed by atoms with Crippen molar-refractivity contribution in [2.45, 2.75) is 70.9 Å². The topological polar surface area (TPSA) is 43.8 Å². The van der Waals surface area contributed by atoms with Crippen LogP contribution in [-0.4, -0.2) is 59.1 Å². The fourth-order valence-corrected chi connectivity index (χ4v) is 3.86. The van der Waals surface area contributed by atoms with Gasteiger partial charge in [0.1, 0.15) is 0 Å². The molecule has 0 bridgehead atoms. The average Bonchev–Trinajstić information content (AvgIpc) is 2.53. The fourth-order valence-electron chi connectivity index (χ4n) is 3.86. The molecule has 0 radical (unpaired) electrons. The number of likely N-dealkylation sites (tertiary alicyclic amines) is 2. The second-order valence-corrected chi connectivity index (χ2v) is 6.82. The number of aliphatic hydroxyl groups is 1. The fraction of sp³-hybridized carbons (Fsp3) is 0.941. The van der Waals surface area contributed by atoms with Crippen molar-refractivity contribution in [3.05, 3.63) is 0 Å². The zero-order valence-electron chi connectivity index (χ0n) is 13.8. The van der Waals surface area contributed by atoms with E-state index in [4.69, 9.17) is 0 Å². The zero-order valence-corrected chi connectivity index (χ0v) is 13.8. The van der Waals surface area contributed by atoms with Crippen LogP contribution in [0.2, 0.25) is 0 Å². The number of nitrogens with zero attached hydrogens (tertiary/aromatic N) is 2. The number of unbranched alkanes of at least 4 members (excludes halogenated alkanes) is 1. The van der Waals surface area contributed by atoms with Gasteiger partial charge in [-0.3, -0.25) is 4.79 Å². The van der Waals surface area contributed by atoms with Crippen molar-refractivity contribution in [2.75, 3.05) is 26.2 Å². The first-order valence-corrected chi connectivity index (χ1v) is 8.79. The number of piperidine rings is 2. The summed E-state index contributed by atoms with van der Waals surface area (Å²) in [4.78, 5) is 15.9. The predicted octanol–water partition coefficient (Wildman–Crippen LogP) is 2.26. The van der Waals surface area contributed by atoms with Gasteiger partial charge in [0.15, 0.2) is 0 Å². The van der Waals surface area contributed by atoms with E-state index in [1.165, 1.54) is 6.42 Å². The molecule has 0 aromatic heterocycles. The highest BCUT2D eigenvalue weighted by molar-refractivity contribution is 5.73. The SMILES string of the molecule is CCCCC(O)C1CCN(C2CCN(C(C)=O)CC2)CC1. The van der Waals surface area contributed by atoms with E-state index in [9.17, 15) is 9.90 Å². The number of amides is 1. The van der Waals surface area contributed by atoms with Gasteiger partial charge in [-0.15, -0.1) is 0 Å². The number of carbonyl (C=O) groups excluding carboxylic acids is 1. The van der Waals surface area contributed by atoms with Gasteiger partial charge in [-0.1, -0.05) is 19.8 Å². The van der Waals surface area contributed by atoms with Crippen LogP contribution in [0.3, 0.4) is 0 Å². The second kappa shape index (κ2) is 8.14. The van der Waals surface area contributed by atoms with Crippen LogP contribution < -0.4 is 0 Å². The molecule has 0 spiro atoms. The van der Waals surface area contributed by atoms with Gasteiger partial charge in [-0.2, -0.15) is 0 Å². The molecule has 2 aliphatic heterocycles. The summed E-state index contributed by atoms with van der Waals surface area (Å²) in [5.74, 6) is 0.719. The third-order valence-electron chi connectivity index (χ3n) is 5.40. The van der Waals surface area contributed by atoms with Crippen LogP contribution >= 0.6 is 0 Å². The molecule has 2 heterocycles. The lowest BCUT2D eigenvalue weighted by atomic mass is 9.87. The van der Waals surface area contributed by atoms with Crippen LogP contribution in [0.15, 0.2) is 0 Å². The van der Waals surface area contributed by atoms with Crippen LogP contribution in [0.25, 0.3) is 0 Å². The van der Waals surface area contributed by atoms with Gasteiger partial charge in [-0.05, 0) is 51.1 Å². The lowest BCUT2D eigenvalue weighted by molar-refractivity contribution is -0.130. The highest BCUT2D eigenvalue weighted by atomic mass is 16.3. The summed E-state index contributed by atoms with van der Waals surface area (Å²) in [6, 6.07) is 0.648. The molecular formula is C17H32N2O2. The number of aliphatic hydroxyl groups excluding tert-OH is 1. The Labute approximate surface area is 129 Å². The number of hydrogen-bond donors (Lipinski definition) is 1. The maximum absolute atomic E-state index is 11.4. The quantitative estimate of drug-likeness (QED) is 0.846. The maximum atomic E-state index is 11.4. The molecule has 0 aliphatic carbocycles. The van der Waals surface area contributed by atoms with Crippen molar-refractivity contribution in [1.82, 2.24) is 9.80 Å². The Hall–Kier alpha value is -0.610. The first-order chi connectivity index (χ1) is 10.1. The van der Waals surface area contributed by atoms with Crippen molar-refractivity contribution in [2.24, 2.45) is 5.92 Å². The van der Waals surface area contributed by atoms with Gasteiger partial charge in [0.05, 0.1) is 6.10 Å². The number of rotatable bonds is 5. The van der Waals surface area contributed by atoms with E-state index in [1.807, 2.05) is 4.90 Å². The van der Waals surface area contributed by atoms with E-state index in [0.29, 0.717) is 12.0 Å². The first kappa shape index (κ1) is 16.8. The average molecular weight is 296 g/mol. The monoisotopic (exact) mass is 296 g/mol. The standard InChI is InChI=1S/C17H32N2O2/c1-3-4-5-17(21)15-6-10-19(11-7-15)16-8-12-18(13-9-16)14(2)20/h15-17,21H,3-13H2,1-2H3. The van der Waals surface area contributed by atoms with Crippen LogP contribution in [0.4, 0.5) is 0 Å². The van der Waals surface area contributed by atoms with Gasteiger partial charge in [0.2, 0.25) is 5.91 Å². The number of carbonyl (C=O) groups is 1. The summed E-state index contributed by atoms with van der Waals surface area (Å²) in [6.07, 6.45) is 7.70. The summed E-state index contributed by atoms with van der Waals surface area (Å²) in [7, 11) is 0. The lowest BCUT2D eigenvalue weighted by Crippen LogP contribution is -2.49. The highest BCUT2D eigenvalue weighted by Gasteiger charge is 2.30. The molecule has 1 N–H and O–H groups in total. The van der Waals surface area contributed by atoms with Gasteiger partial charge in [0.25, 0.3) is 0 Å².